The molecule has 0 aliphatic heterocycles. The van der Waals surface area contributed by atoms with E-state index < -0.39 is 27.9 Å². The normalized spacial score (nSPS) is 11.9. The fourth-order valence-electron chi connectivity index (χ4n) is 3.65. The van der Waals surface area contributed by atoms with Crippen LogP contribution in [0.25, 0.3) is 11.5 Å². The molecular formula is C28H26F3N3O6S. The first-order valence-electron chi connectivity index (χ1n) is 12.2. The summed E-state index contributed by atoms with van der Waals surface area (Å²) in [6, 6.07) is 17.6. The van der Waals surface area contributed by atoms with Gasteiger partial charge >= 0.3 is 22.4 Å². The maximum absolute atomic E-state index is 13.0. The number of anilines is 1. The first kappa shape index (κ1) is 29.6. The van der Waals surface area contributed by atoms with Crippen molar-refractivity contribution in [2.75, 3.05) is 4.72 Å². The summed E-state index contributed by atoms with van der Waals surface area (Å²) in [6.45, 7) is 4.27. The zero-order chi connectivity index (χ0) is 29.8. The van der Waals surface area contributed by atoms with E-state index in [1.54, 1.807) is 55.5 Å². The van der Waals surface area contributed by atoms with Gasteiger partial charge in [0.05, 0.1) is 12.1 Å². The molecule has 0 bridgehead atoms. The van der Waals surface area contributed by atoms with Crippen molar-refractivity contribution in [3.63, 3.8) is 0 Å². The second-order valence-corrected chi connectivity index (χ2v) is 10.6. The zero-order valence-corrected chi connectivity index (χ0v) is 23.0. The highest BCUT2D eigenvalue weighted by molar-refractivity contribution is 7.90. The molecule has 0 amide bonds. The van der Waals surface area contributed by atoms with Crippen LogP contribution in [0.3, 0.4) is 0 Å². The number of alkyl halides is 3. The minimum atomic E-state index is -4.45. The van der Waals surface area contributed by atoms with E-state index in [2.05, 4.69) is 9.71 Å². The quantitative estimate of drug-likeness (QED) is 0.220. The van der Waals surface area contributed by atoms with Crippen LogP contribution in [0.1, 0.15) is 35.1 Å². The topological polar surface area (TPSA) is 111 Å². The fourth-order valence-corrected chi connectivity index (χ4v) is 4.71. The second-order valence-electron chi connectivity index (χ2n) is 9.05. The average molecular weight is 590 g/mol. The molecule has 0 unspecified atom stereocenters. The van der Waals surface area contributed by atoms with Gasteiger partial charge in [0.15, 0.2) is 0 Å². The Bertz CT molecular complexity index is 1620. The first-order chi connectivity index (χ1) is 19.3. The van der Waals surface area contributed by atoms with Gasteiger partial charge in [-0.3, -0.25) is 9.52 Å². The Morgan fingerprint density at radius 1 is 1.02 bits per heavy atom. The van der Waals surface area contributed by atoms with Gasteiger partial charge in [-0.15, -0.1) is 0 Å². The van der Waals surface area contributed by atoms with Crippen LogP contribution in [0.2, 0.25) is 0 Å². The average Bonchev–Trinajstić information content (AvgIpc) is 3.28. The molecule has 0 saturated carbocycles. The number of ether oxygens (including phenoxy) is 1. The molecule has 1 heterocycles. The largest absolute Gasteiger partial charge is 0.487 e. The van der Waals surface area contributed by atoms with Crippen LogP contribution >= 0.6 is 0 Å². The molecular weight excluding hydrogens is 563 g/mol. The summed E-state index contributed by atoms with van der Waals surface area (Å²) < 4.78 is 78.9. The number of nitrogens with zero attached hydrogens (tertiary/aromatic N) is 2. The van der Waals surface area contributed by atoms with Crippen molar-refractivity contribution in [3.8, 4) is 17.2 Å². The Labute approximate surface area is 234 Å². The molecule has 0 saturated heterocycles. The van der Waals surface area contributed by atoms with Gasteiger partial charge in [-0.05, 0) is 72.4 Å². The molecule has 0 aliphatic rings. The molecule has 13 heteroatoms. The number of rotatable bonds is 10. The van der Waals surface area contributed by atoms with Crippen molar-refractivity contribution in [1.82, 2.24) is 9.45 Å². The maximum atomic E-state index is 13.0. The van der Waals surface area contributed by atoms with E-state index in [1.807, 2.05) is 6.92 Å². The number of carbonyl (C=O) groups is 1. The lowest BCUT2D eigenvalue weighted by Gasteiger charge is -2.21. The SMILES string of the molecule is CC(=O)ON(Cc1cccc(OCc2nc(-c3ccc(C(F)(F)F)cc3)oc2C)c1)S(=O)(=O)Nc1ccc(C)cc1. The minimum absolute atomic E-state index is 0.0274. The molecule has 0 aliphatic carbocycles. The first-order valence-corrected chi connectivity index (χ1v) is 13.7. The van der Waals surface area contributed by atoms with Gasteiger partial charge in [0.1, 0.15) is 23.8 Å². The number of carbonyl (C=O) groups excluding carboxylic acids is 1. The highest BCUT2D eigenvalue weighted by atomic mass is 32.2. The number of hydrogen-bond acceptors (Lipinski definition) is 7. The van der Waals surface area contributed by atoms with Crippen molar-refractivity contribution < 1.29 is 40.4 Å². The van der Waals surface area contributed by atoms with E-state index in [0.717, 1.165) is 24.6 Å². The van der Waals surface area contributed by atoms with Crippen LogP contribution in [0, 0.1) is 13.8 Å². The number of nitrogens with one attached hydrogen (secondary N) is 1. The lowest BCUT2D eigenvalue weighted by Crippen LogP contribution is -2.36. The van der Waals surface area contributed by atoms with Crippen LogP contribution in [-0.2, 0) is 39.2 Å². The third-order valence-corrected chi connectivity index (χ3v) is 6.97. The minimum Gasteiger partial charge on any atom is -0.487 e. The van der Waals surface area contributed by atoms with Gasteiger partial charge in [0, 0.05) is 18.2 Å². The third-order valence-electron chi connectivity index (χ3n) is 5.73. The van der Waals surface area contributed by atoms with E-state index in [1.165, 1.54) is 12.1 Å². The number of hydroxylamine groups is 1. The molecule has 4 rings (SSSR count). The highest BCUT2D eigenvalue weighted by Gasteiger charge is 2.30. The monoisotopic (exact) mass is 589 g/mol. The number of aromatic nitrogens is 1. The summed E-state index contributed by atoms with van der Waals surface area (Å²) in [5.74, 6) is 0.113. The molecule has 41 heavy (non-hydrogen) atoms. The van der Waals surface area contributed by atoms with E-state index in [4.69, 9.17) is 14.0 Å². The Kier molecular flexibility index (Phi) is 8.69. The summed E-state index contributed by atoms with van der Waals surface area (Å²) in [6.07, 6.45) is -4.45. The Morgan fingerprint density at radius 2 is 1.71 bits per heavy atom. The lowest BCUT2D eigenvalue weighted by atomic mass is 10.1. The van der Waals surface area contributed by atoms with E-state index in [0.29, 0.717) is 38.5 Å². The number of aryl methyl sites for hydroxylation is 2. The lowest BCUT2D eigenvalue weighted by molar-refractivity contribution is -0.167. The molecule has 9 nitrogen and oxygen atoms in total. The zero-order valence-electron chi connectivity index (χ0n) is 22.2. The van der Waals surface area contributed by atoms with Gasteiger partial charge in [0.2, 0.25) is 5.89 Å². The molecule has 0 atom stereocenters. The summed E-state index contributed by atoms with van der Waals surface area (Å²) in [5.41, 5.74) is 1.72. The molecule has 0 spiro atoms. The van der Waals surface area contributed by atoms with Gasteiger partial charge < -0.3 is 14.0 Å². The fraction of sp³-hybridized carbons (Fsp3) is 0.214. The number of halogens is 3. The Hall–Kier alpha value is -4.36. The molecule has 3 aromatic carbocycles. The summed E-state index contributed by atoms with van der Waals surface area (Å²) in [5, 5.41) is 0. The maximum Gasteiger partial charge on any atom is 0.416 e. The smallest absolute Gasteiger partial charge is 0.416 e. The predicted octanol–water partition coefficient (Wildman–Crippen LogP) is 6.19. The summed E-state index contributed by atoms with van der Waals surface area (Å²) in [4.78, 5) is 21.0. The molecule has 1 aromatic heterocycles. The standard InChI is InChI=1S/C28H26F3N3O6S/c1-18-7-13-24(14-8-18)33-41(36,37)34(40-20(3)35)16-21-5-4-6-25(15-21)38-17-26-19(2)39-27(32-26)22-9-11-23(12-10-22)28(29,30)31/h4-15,33H,16-17H2,1-3H3. The molecule has 0 fully saturated rings. The van der Waals surface area contributed by atoms with E-state index in [9.17, 15) is 26.4 Å². The number of benzene rings is 3. The Morgan fingerprint density at radius 3 is 2.34 bits per heavy atom. The molecule has 216 valence electrons. The predicted molar refractivity (Wildman–Crippen MR) is 143 cm³/mol. The number of oxazole rings is 1. The van der Waals surface area contributed by atoms with Crippen LogP contribution in [-0.4, -0.2) is 23.8 Å². The molecule has 0 radical (unpaired) electrons. The summed E-state index contributed by atoms with van der Waals surface area (Å²) >= 11 is 0. The third kappa shape index (κ3) is 7.86. The van der Waals surface area contributed by atoms with E-state index >= 15 is 0 Å². The van der Waals surface area contributed by atoms with Crippen molar-refractivity contribution >= 4 is 21.9 Å². The van der Waals surface area contributed by atoms with Gasteiger partial charge in [-0.2, -0.15) is 21.6 Å². The van der Waals surface area contributed by atoms with Crippen LogP contribution in [0.5, 0.6) is 5.75 Å². The van der Waals surface area contributed by atoms with Gasteiger partial charge in [-0.1, -0.05) is 29.8 Å². The summed E-state index contributed by atoms with van der Waals surface area (Å²) in [7, 11) is -4.28. The van der Waals surface area contributed by atoms with Gasteiger partial charge in [0.25, 0.3) is 0 Å². The number of hydrogen-bond donors (Lipinski definition) is 1. The van der Waals surface area contributed by atoms with Crippen molar-refractivity contribution in [2.45, 2.75) is 40.1 Å². The van der Waals surface area contributed by atoms with Crippen molar-refractivity contribution in [1.29, 1.82) is 0 Å². The molecule has 4 aromatic rings. The van der Waals surface area contributed by atoms with Crippen molar-refractivity contribution in [2.24, 2.45) is 0 Å². The Balaban J connectivity index is 1.45. The highest BCUT2D eigenvalue weighted by Crippen LogP contribution is 2.31. The second kappa shape index (κ2) is 12.0. The van der Waals surface area contributed by atoms with Crippen molar-refractivity contribution in [3.05, 3.63) is 101 Å². The van der Waals surface area contributed by atoms with Gasteiger partial charge in [-0.25, -0.2) is 4.98 Å². The van der Waals surface area contributed by atoms with Crippen LogP contribution in [0.15, 0.2) is 77.2 Å². The van der Waals surface area contributed by atoms with Crippen LogP contribution < -0.4 is 9.46 Å². The van der Waals surface area contributed by atoms with E-state index in [-0.39, 0.29) is 19.0 Å². The van der Waals surface area contributed by atoms with Crippen LogP contribution in [0.4, 0.5) is 18.9 Å². The molecule has 1 N–H and O–H groups in total.